The summed E-state index contributed by atoms with van der Waals surface area (Å²) in [7, 11) is -4.02. The molecule has 2 fully saturated rings. The number of β-amino-alcohol motifs (C(OH)–C–C–N with tert-alkyl or cyclic N) is 1. The van der Waals surface area contributed by atoms with E-state index >= 15 is 0 Å². The maximum atomic E-state index is 13.2. The van der Waals surface area contributed by atoms with E-state index in [9.17, 15) is 33.3 Å². The number of aliphatic hydroxyl groups is 1. The van der Waals surface area contributed by atoms with Gasteiger partial charge in [0.25, 0.3) is 5.91 Å². The van der Waals surface area contributed by atoms with Crippen molar-refractivity contribution in [2.75, 3.05) is 23.6 Å². The summed E-state index contributed by atoms with van der Waals surface area (Å²) in [5, 5.41) is 33.9. The van der Waals surface area contributed by atoms with Gasteiger partial charge in [0.05, 0.1) is 17.9 Å². The lowest BCUT2D eigenvalue weighted by Gasteiger charge is -2.45. The molecule has 1 aliphatic heterocycles. The molecule has 1 heterocycles. The van der Waals surface area contributed by atoms with Gasteiger partial charge in [-0.1, -0.05) is 43.5 Å². The van der Waals surface area contributed by atoms with E-state index in [1.165, 1.54) is 18.2 Å². The number of aromatic hydroxyl groups is 1. The van der Waals surface area contributed by atoms with Crippen molar-refractivity contribution in [2.45, 2.75) is 57.2 Å². The van der Waals surface area contributed by atoms with Crippen molar-refractivity contribution >= 4 is 27.6 Å². The van der Waals surface area contributed by atoms with Crippen molar-refractivity contribution in [3.63, 3.8) is 0 Å². The monoisotopic (exact) mass is 559 g/mol. The number of nitrogens with zero attached hydrogens (tertiary/aromatic N) is 1. The predicted molar refractivity (Wildman–Crippen MR) is 147 cm³/mol. The van der Waals surface area contributed by atoms with E-state index in [0.29, 0.717) is 36.1 Å². The van der Waals surface area contributed by atoms with Crippen molar-refractivity contribution < 1.29 is 33.3 Å². The second-order valence-corrected chi connectivity index (χ2v) is 12.5. The van der Waals surface area contributed by atoms with Crippen molar-refractivity contribution in [1.82, 2.24) is 10.2 Å². The van der Waals surface area contributed by atoms with Gasteiger partial charge in [0.15, 0.2) is 0 Å². The average Bonchev–Trinajstić information content (AvgIpc) is 2.89. The summed E-state index contributed by atoms with van der Waals surface area (Å²) in [6, 6.07) is 10.7. The van der Waals surface area contributed by atoms with Gasteiger partial charge in [-0.15, -0.1) is 0 Å². The summed E-state index contributed by atoms with van der Waals surface area (Å²) in [4.78, 5) is 27.0. The van der Waals surface area contributed by atoms with E-state index in [4.69, 9.17) is 0 Å². The maximum absolute atomic E-state index is 13.2. The molecule has 0 aromatic heterocycles. The van der Waals surface area contributed by atoms with Gasteiger partial charge in [0, 0.05) is 29.9 Å². The minimum atomic E-state index is -4.02. The highest BCUT2D eigenvalue weighted by atomic mass is 32.2. The fraction of sp³-hybridized carbons (Fsp3) is 0.500. The zero-order valence-electron chi connectivity index (χ0n) is 22.0. The number of amides is 1. The van der Waals surface area contributed by atoms with Crippen molar-refractivity contribution in [1.29, 1.82) is 0 Å². The van der Waals surface area contributed by atoms with Crippen LogP contribution in [0.15, 0.2) is 48.5 Å². The Labute approximate surface area is 229 Å². The zero-order chi connectivity index (χ0) is 28.2. The van der Waals surface area contributed by atoms with Crippen LogP contribution in [-0.2, 0) is 14.8 Å². The van der Waals surface area contributed by atoms with Crippen molar-refractivity contribution in [3.8, 4) is 5.75 Å². The number of carbonyl (C=O) groups excluding carboxylic acids is 1. The van der Waals surface area contributed by atoms with E-state index in [1.54, 1.807) is 42.2 Å². The molecule has 2 aromatic carbocycles. The number of benzene rings is 2. The first kappa shape index (κ1) is 28.8. The standard InChI is InChI=1S/C28H37N3O7S/c1-18-22(12-7-13-25(18)32)27(34)29-23(17-39(37,38)30-21-10-3-2-4-11-21)26(33)16-31-15-20-9-6-5-8-19(20)14-24(31)28(35)36/h2-4,7,10-13,19-20,23-24,26,30,32-33H,5-6,8-9,14-17H2,1H3,(H,29,34)(H,35,36). The molecular formula is C28H37N3O7S. The van der Waals surface area contributed by atoms with Crippen LogP contribution >= 0.6 is 0 Å². The highest BCUT2D eigenvalue weighted by molar-refractivity contribution is 7.92. The van der Waals surface area contributed by atoms with Gasteiger partial charge < -0.3 is 20.6 Å². The van der Waals surface area contributed by atoms with Crippen LogP contribution in [0.4, 0.5) is 5.69 Å². The Balaban J connectivity index is 1.56. The van der Waals surface area contributed by atoms with Crippen LogP contribution in [0.2, 0.25) is 0 Å². The van der Waals surface area contributed by atoms with Crippen LogP contribution in [0, 0.1) is 18.8 Å². The summed E-state index contributed by atoms with van der Waals surface area (Å²) in [6.45, 7) is 1.96. The molecule has 39 heavy (non-hydrogen) atoms. The Bertz CT molecular complexity index is 1270. The molecule has 1 saturated heterocycles. The summed E-state index contributed by atoms with van der Waals surface area (Å²) in [5.74, 6) is -1.69. The molecule has 0 spiro atoms. The summed E-state index contributed by atoms with van der Waals surface area (Å²) < 4.78 is 28.6. The average molecular weight is 560 g/mol. The van der Waals surface area contributed by atoms with Crippen molar-refractivity contribution in [3.05, 3.63) is 59.7 Å². The van der Waals surface area contributed by atoms with E-state index in [1.807, 2.05) is 0 Å². The van der Waals surface area contributed by atoms with Crippen LogP contribution in [-0.4, -0.2) is 77.5 Å². The van der Waals surface area contributed by atoms with E-state index in [2.05, 4.69) is 10.0 Å². The Morgan fingerprint density at radius 2 is 1.74 bits per heavy atom. The molecule has 212 valence electrons. The summed E-state index contributed by atoms with van der Waals surface area (Å²) >= 11 is 0. The number of para-hydroxylation sites is 1. The van der Waals surface area contributed by atoms with Gasteiger partial charge in [0.1, 0.15) is 11.8 Å². The Morgan fingerprint density at radius 1 is 1.05 bits per heavy atom. The quantitative estimate of drug-likeness (QED) is 0.297. The molecule has 5 atom stereocenters. The highest BCUT2D eigenvalue weighted by Crippen LogP contribution is 2.38. The molecule has 2 aliphatic rings. The molecule has 0 radical (unpaired) electrons. The van der Waals surface area contributed by atoms with Crippen LogP contribution in [0.25, 0.3) is 0 Å². The minimum absolute atomic E-state index is 0.0854. The van der Waals surface area contributed by atoms with Gasteiger partial charge in [0.2, 0.25) is 10.0 Å². The molecule has 5 N–H and O–H groups in total. The number of nitrogens with one attached hydrogen (secondary N) is 2. The molecule has 11 heteroatoms. The molecule has 10 nitrogen and oxygen atoms in total. The van der Waals surface area contributed by atoms with E-state index in [-0.39, 0.29) is 17.9 Å². The third-order valence-electron chi connectivity index (χ3n) is 7.99. The third-order valence-corrected chi connectivity index (χ3v) is 9.33. The van der Waals surface area contributed by atoms with Crippen LogP contribution in [0.1, 0.15) is 48.0 Å². The lowest BCUT2D eigenvalue weighted by atomic mass is 9.73. The second kappa shape index (κ2) is 12.4. The Hall–Kier alpha value is -3.15. The lowest BCUT2D eigenvalue weighted by Crippen LogP contribution is -2.58. The van der Waals surface area contributed by atoms with Gasteiger partial charge in [-0.05, 0) is 55.9 Å². The molecule has 5 unspecified atom stereocenters. The van der Waals surface area contributed by atoms with Crippen molar-refractivity contribution in [2.24, 2.45) is 11.8 Å². The molecule has 1 saturated carbocycles. The van der Waals surface area contributed by atoms with Crippen LogP contribution < -0.4 is 10.0 Å². The number of hydrogen-bond donors (Lipinski definition) is 5. The number of sulfonamides is 1. The fourth-order valence-corrected chi connectivity index (χ4v) is 7.21. The number of phenolic OH excluding ortho intramolecular Hbond substituents is 1. The Morgan fingerprint density at radius 3 is 2.44 bits per heavy atom. The predicted octanol–water partition coefficient (Wildman–Crippen LogP) is 2.57. The first-order valence-electron chi connectivity index (χ1n) is 13.3. The molecule has 0 bridgehead atoms. The number of fused-ring (bicyclic) bond motifs is 1. The van der Waals surface area contributed by atoms with Gasteiger partial charge in [-0.2, -0.15) is 0 Å². The van der Waals surface area contributed by atoms with E-state index in [0.717, 1.165) is 25.7 Å². The number of phenols is 1. The SMILES string of the molecule is Cc1c(O)cccc1C(=O)NC(CS(=O)(=O)Nc1ccccc1)C(O)CN1CC2CCCCC2CC1C(=O)O. The largest absolute Gasteiger partial charge is 0.508 e. The topological polar surface area (TPSA) is 156 Å². The number of hydrogen-bond acceptors (Lipinski definition) is 7. The first-order chi connectivity index (χ1) is 18.5. The number of aliphatic hydroxyl groups excluding tert-OH is 1. The zero-order valence-corrected chi connectivity index (χ0v) is 22.8. The highest BCUT2D eigenvalue weighted by Gasteiger charge is 2.41. The lowest BCUT2D eigenvalue weighted by molar-refractivity contribution is -0.148. The summed E-state index contributed by atoms with van der Waals surface area (Å²) in [6.07, 6.45) is 3.28. The smallest absolute Gasteiger partial charge is 0.320 e. The molecule has 4 rings (SSSR count). The molecular weight excluding hydrogens is 522 g/mol. The number of carboxylic acids is 1. The van der Waals surface area contributed by atoms with Crippen LogP contribution in [0.5, 0.6) is 5.75 Å². The number of carboxylic acid groups (broad SMARTS) is 1. The number of anilines is 1. The van der Waals surface area contributed by atoms with Crippen LogP contribution in [0.3, 0.4) is 0 Å². The number of likely N-dealkylation sites (tertiary alicyclic amines) is 1. The first-order valence-corrected chi connectivity index (χ1v) is 15.0. The third kappa shape index (κ3) is 7.28. The Kier molecular flexibility index (Phi) is 9.14. The minimum Gasteiger partial charge on any atom is -0.508 e. The number of piperidine rings is 1. The molecule has 2 aromatic rings. The second-order valence-electron chi connectivity index (χ2n) is 10.7. The number of carbonyl (C=O) groups is 2. The number of rotatable bonds is 10. The molecule has 1 amide bonds. The van der Waals surface area contributed by atoms with Gasteiger partial charge >= 0.3 is 5.97 Å². The van der Waals surface area contributed by atoms with Gasteiger partial charge in [-0.25, -0.2) is 8.42 Å². The maximum Gasteiger partial charge on any atom is 0.320 e. The normalized spacial score (nSPS) is 23.3. The fourth-order valence-electron chi connectivity index (χ4n) is 5.85. The van der Waals surface area contributed by atoms with Gasteiger partial charge in [-0.3, -0.25) is 19.2 Å². The molecule has 1 aliphatic carbocycles. The number of aliphatic carboxylic acids is 1. The summed E-state index contributed by atoms with van der Waals surface area (Å²) in [5.41, 5.74) is 0.803. The van der Waals surface area contributed by atoms with E-state index < -0.39 is 45.8 Å².